The number of benzene rings is 7. The number of nitrogens with zero attached hydrogens (tertiary/aromatic N) is 1. The van der Waals surface area contributed by atoms with Crippen molar-refractivity contribution in [1.29, 1.82) is 0 Å². The molecule has 0 saturated carbocycles. The Labute approximate surface area is 283 Å². The molecule has 0 unspecified atom stereocenters. The fourth-order valence-electron chi connectivity index (χ4n) is 7.11. The first kappa shape index (κ1) is 21.8. The van der Waals surface area contributed by atoms with Crippen molar-refractivity contribution in [1.82, 2.24) is 0 Å². The molecule has 0 bridgehead atoms. The van der Waals surface area contributed by atoms with Gasteiger partial charge in [-0.2, -0.15) is 0 Å². The second kappa shape index (κ2) is 10.6. The van der Waals surface area contributed by atoms with Gasteiger partial charge in [0.25, 0.3) is 0 Å². The Kier molecular flexibility index (Phi) is 4.92. The van der Waals surface area contributed by atoms with Crippen molar-refractivity contribution in [2.75, 3.05) is 4.90 Å². The quantitative estimate of drug-likeness (QED) is 0.193. The maximum absolute atomic E-state index is 9.78. The first-order chi connectivity index (χ1) is 25.6. The van der Waals surface area contributed by atoms with Crippen LogP contribution in [0.4, 0.5) is 17.1 Å². The van der Waals surface area contributed by atoms with E-state index < -0.39 is 12.1 Å². The molecular formula is C45H33NO. The van der Waals surface area contributed by atoms with Gasteiger partial charge in [0, 0.05) is 27.7 Å². The highest BCUT2D eigenvalue weighted by molar-refractivity contribution is 6.17. The van der Waals surface area contributed by atoms with Gasteiger partial charge in [-0.25, -0.2) is 0 Å². The zero-order valence-corrected chi connectivity index (χ0v) is 26.0. The fourth-order valence-corrected chi connectivity index (χ4v) is 7.11. The zero-order valence-electron chi connectivity index (χ0n) is 32.0. The Bertz CT molecular complexity index is 2760. The summed E-state index contributed by atoms with van der Waals surface area (Å²) in [4.78, 5) is 1.95. The number of anilines is 3. The van der Waals surface area contributed by atoms with Gasteiger partial charge in [0.2, 0.25) is 0 Å². The number of hydrogen-bond donors (Lipinski definition) is 0. The van der Waals surface area contributed by atoms with E-state index in [1.165, 1.54) is 11.1 Å². The molecule has 2 heteroatoms. The Balaban J connectivity index is 1.40. The van der Waals surface area contributed by atoms with Crippen LogP contribution in [0, 0.1) is 0 Å². The van der Waals surface area contributed by atoms with Crippen molar-refractivity contribution in [3.05, 3.63) is 175 Å². The zero-order chi connectivity index (χ0) is 36.8. The van der Waals surface area contributed by atoms with Crippen LogP contribution in [0.15, 0.2) is 168 Å². The Hall–Kier alpha value is -5.86. The van der Waals surface area contributed by atoms with Gasteiger partial charge in [-0.3, -0.25) is 0 Å². The van der Waals surface area contributed by atoms with E-state index in [4.69, 9.17) is 9.90 Å². The smallest absolute Gasteiger partial charge is 0.145 e. The van der Waals surface area contributed by atoms with Gasteiger partial charge in [0.15, 0.2) is 0 Å². The summed E-state index contributed by atoms with van der Waals surface area (Å²) >= 11 is 0. The van der Waals surface area contributed by atoms with Crippen LogP contribution in [0.1, 0.15) is 33.2 Å². The first-order valence-corrected chi connectivity index (χ1v) is 15.8. The largest absolute Gasteiger partial charge is 0.455 e. The van der Waals surface area contributed by atoms with Crippen molar-refractivity contribution in [3.8, 4) is 33.4 Å². The van der Waals surface area contributed by atoms with E-state index in [1.54, 1.807) is 0 Å². The molecule has 9 rings (SSSR count). The summed E-state index contributed by atoms with van der Waals surface area (Å²) in [7, 11) is 0. The van der Waals surface area contributed by atoms with Crippen LogP contribution in [0.3, 0.4) is 0 Å². The highest BCUT2D eigenvalue weighted by Gasteiger charge is 2.36. The minimum Gasteiger partial charge on any atom is -0.455 e. The van der Waals surface area contributed by atoms with E-state index in [0.29, 0.717) is 22.2 Å². The van der Waals surface area contributed by atoms with Crippen LogP contribution in [0.25, 0.3) is 55.3 Å². The summed E-state index contributed by atoms with van der Waals surface area (Å²) in [5, 5.41) is 0.522. The van der Waals surface area contributed by atoms with Crippen LogP contribution in [-0.4, -0.2) is 0 Å². The predicted molar refractivity (Wildman–Crippen MR) is 197 cm³/mol. The Morgan fingerprint density at radius 1 is 0.553 bits per heavy atom. The molecule has 47 heavy (non-hydrogen) atoms. The summed E-state index contributed by atoms with van der Waals surface area (Å²) in [6, 6.07) is 40.6. The van der Waals surface area contributed by atoms with Crippen molar-refractivity contribution in [3.63, 3.8) is 0 Å². The number of rotatable bonds is 5. The summed E-state index contributed by atoms with van der Waals surface area (Å²) in [5.74, 6) is 0. The lowest BCUT2D eigenvalue weighted by Gasteiger charge is -2.29. The minimum absolute atomic E-state index is 0.0145. The van der Waals surface area contributed by atoms with E-state index in [0.717, 1.165) is 33.6 Å². The second-order valence-electron chi connectivity index (χ2n) is 12.5. The maximum atomic E-state index is 9.78. The molecule has 224 valence electrons. The number of furan rings is 1. The van der Waals surface area contributed by atoms with Gasteiger partial charge < -0.3 is 9.32 Å². The molecule has 0 saturated heterocycles. The van der Waals surface area contributed by atoms with Crippen LogP contribution in [0.2, 0.25) is 0 Å². The van der Waals surface area contributed by atoms with Crippen LogP contribution in [0.5, 0.6) is 0 Å². The lowest BCUT2D eigenvalue weighted by molar-refractivity contribution is 0.660. The molecule has 8 aromatic rings. The van der Waals surface area contributed by atoms with Crippen molar-refractivity contribution in [2.24, 2.45) is 0 Å². The van der Waals surface area contributed by atoms with E-state index in [9.17, 15) is 2.74 Å². The number of hydrogen-bond acceptors (Lipinski definition) is 2. The van der Waals surface area contributed by atoms with Gasteiger partial charge in [0.1, 0.15) is 11.2 Å². The third-order valence-corrected chi connectivity index (χ3v) is 9.45. The molecular weight excluding hydrogens is 571 g/mol. The molecule has 7 aromatic carbocycles. The van der Waals surface area contributed by atoms with Crippen LogP contribution >= 0.6 is 0 Å². The predicted octanol–water partition coefficient (Wildman–Crippen LogP) is 12.7. The summed E-state index contributed by atoms with van der Waals surface area (Å²) < 4.78 is 60.9. The monoisotopic (exact) mass is 609 g/mol. The van der Waals surface area contributed by atoms with Gasteiger partial charge >= 0.3 is 0 Å². The highest BCUT2D eigenvalue weighted by Crippen LogP contribution is 2.52. The van der Waals surface area contributed by atoms with Gasteiger partial charge in [-0.15, -0.1) is 0 Å². The van der Waals surface area contributed by atoms with Crippen molar-refractivity contribution < 1.29 is 12.6 Å². The summed E-state index contributed by atoms with van der Waals surface area (Å²) in [6.07, 6.45) is 0. The molecule has 1 aromatic heterocycles. The fraction of sp³-hybridized carbons (Fsp3) is 0.0667. The average Bonchev–Trinajstić information content (AvgIpc) is 3.68. The topological polar surface area (TPSA) is 16.4 Å². The molecule has 2 nitrogen and oxygen atoms in total. The van der Waals surface area contributed by atoms with E-state index in [-0.39, 0.29) is 46.1 Å². The SMILES string of the molecule is [2H]c1c([2H])c([2H])c2c(oc3c(-c4ccccc4)c([2H])c([2H])c(N(c4ccc(-c5ccccc5)cc4)c4ccc5c(c4)C(C)(C)c4ccccc4-5)c32)c1[2H]. The maximum Gasteiger partial charge on any atom is 0.145 e. The Morgan fingerprint density at radius 3 is 1.98 bits per heavy atom. The van der Waals surface area contributed by atoms with Crippen molar-refractivity contribution in [2.45, 2.75) is 19.3 Å². The molecule has 0 fully saturated rings. The third-order valence-electron chi connectivity index (χ3n) is 9.45. The molecule has 0 N–H and O–H groups in total. The van der Waals surface area contributed by atoms with E-state index in [1.807, 2.05) is 83.8 Å². The molecule has 0 aliphatic heterocycles. The highest BCUT2D eigenvalue weighted by atomic mass is 16.3. The van der Waals surface area contributed by atoms with Crippen molar-refractivity contribution >= 4 is 39.0 Å². The van der Waals surface area contributed by atoms with Crippen LogP contribution < -0.4 is 4.90 Å². The molecule has 0 radical (unpaired) electrons. The Morgan fingerprint density at radius 2 is 1.19 bits per heavy atom. The van der Waals surface area contributed by atoms with E-state index >= 15 is 0 Å². The lowest BCUT2D eigenvalue weighted by Crippen LogP contribution is -2.16. The minimum atomic E-state index is -0.407. The van der Waals surface area contributed by atoms with Gasteiger partial charge in [-0.1, -0.05) is 135 Å². The average molecular weight is 610 g/mol. The number of fused-ring (bicyclic) bond motifs is 6. The standard InChI is InChI=1S/C45H33NO/c1-45(2)39-19-11-9-17-36(39)37-26-25-34(29-40(37)45)46(33-23-21-31(22-24-33)30-13-5-3-6-14-30)41-28-27-35(32-15-7-4-8-16-32)44-43(41)38-18-10-12-20-42(38)47-44/h3-29H,1-2H3/i10D,12D,18D,20D,27D,28D. The molecule has 1 aliphatic rings. The normalized spacial score (nSPS) is 14.9. The molecule has 0 atom stereocenters. The third kappa shape index (κ3) is 4.33. The molecule has 0 amide bonds. The molecule has 1 aliphatic carbocycles. The summed E-state index contributed by atoms with van der Waals surface area (Å²) in [5.41, 5.74) is 9.40. The lowest BCUT2D eigenvalue weighted by atomic mass is 9.82. The van der Waals surface area contributed by atoms with E-state index in [2.05, 4.69) is 62.4 Å². The number of para-hydroxylation sites is 1. The van der Waals surface area contributed by atoms with Gasteiger partial charge in [-0.05, 0) is 81.3 Å². The molecule has 0 spiro atoms. The molecule has 1 heterocycles. The summed E-state index contributed by atoms with van der Waals surface area (Å²) in [6.45, 7) is 4.43. The second-order valence-corrected chi connectivity index (χ2v) is 12.5. The van der Waals surface area contributed by atoms with Crippen LogP contribution in [-0.2, 0) is 5.41 Å². The first-order valence-electron chi connectivity index (χ1n) is 18.8. The van der Waals surface area contributed by atoms with Gasteiger partial charge in [0.05, 0.1) is 19.3 Å².